The van der Waals surface area contributed by atoms with Crippen LogP contribution in [0.1, 0.15) is 10.4 Å². The van der Waals surface area contributed by atoms with Crippen molar-refractivity contribution in [3.63, 3.8) is 0 Å². The highest BCUT2D eigenvalue weighted by atomic mass is 19.1. The highest BCUT2D eigenvalue weighted by molar-refractivity contribution is 5.93. The predicted molar refractivity (Wildman–Crippen MR) is 117 cm³/mol. The number of pyridine rings is 1. The number of phenolic OH excluding ortho intramolecular Hbond substituents is 1. The fourth-order valence-corrected chi connectivity index (χ4v) is 3.29. The number of phenols is 1. The third kappa shape index (κ3) is 4.23. The van der Waals surface area contributed by atoms with Crippen molar-refractivity contribution >= 4 is 17.0 Å². The maximum absolute atomic E-state index is 14.0. The van der Waals surface area contributed by atoms with Gasteiger partial charge in [0.25, 0.3) is 0 Å². The number of nitrogens with one attached hydrogen (secondary N) is 2. The molecule has 9 heteroatoms. The molecule has 2 heterocycles. The maximum Gasteiger partial charge on any atom is 0.338 e. The molecule has 4 aromatic rings. The van der Waals surface area contributed by atoms with Crippen LogP contribution in [0.15, 0.2) is 48.7 Å². The van der Waals surface area contributed by atoms with Gasteiger partial charge in [-0.3, -0.25) is 0 Å². The molecule has 0 saturated carbocycles. The summed E-state index contributed by atoms with van der Waals surface area (Å²) in [5, 5.41) is 19.6. The summed E-state index contributed by atoms with van der Waals surface area (Å²) in [6.07, 6.45) is 1.65. The van der Waals surface area contributed by atoms with E-state index in [-0.39, 0.29) is 17.1 Å². The summed E-state index contributed by atoms with van der Waals surface area (Å²) in [5.74, 6) is -1.52. The lowest BCUT2D eigenvalue weighted by atomic mass is 10.0. The van der Waals surface area contributed by atoms with Gasteiger partial charge in [0.05, 0.1) is 36.3 Å². The number of nitrogens with zero attached hydrogens (tertiary/aromatic N) is 2. The number of carboxylic acids is 1. The van der Waals surface area contributed by atoms with Gasteiger partial charge in [0, 0.05) is 17.8 Å². The molecule has 0 spiro atoms. The second-order valence-corrected chi connectivity index (χ2v) is 7.63. The minimum Gasteiger partial charge on any atom is -0.507 e. The van der Waals surface area contributed by atoms with E-state index in [9.17, 15) is 14.3 Å². The first-order chi connectivity index (χ1) is 15.3. The Hall–Kier alpha value is -3.98. The van der Waals surface area contributed by atoms with Gasteiger partial charge >= 0.3 is 5.97 Å². The van der Waals surface area contributed by atoms with Crippen molar-refractivity contribution in [2.75, 3.05) is 27.2 Å². The van der Waals surface area contributed by atoms with Crippen LogP contribution >= 0.6 is 0 Å². The van der Waals surface area contributed by atoms with E-state index >= 15 is 0 Å². The number of rotatable bonds is 7. The molecule has 164 valence electrons. The van der Waals surface area contributed by atoms with Crippen LogP contribution in [-0.4, -0.2) is 58.4 Å². The minimum atomic E-state index is -1.38. The summed E-state index contributed by atoms with van der Waals surface area (Å²) in [6.45, 7) is 1.31. The van der Waals surface area contributed by atoms with E-state index in [1.807, 2.05) is 20.2 Å². The summed E-state index contributed by atoms with van der Waals surface area (Å²) < 4.78 is 19.9. The number of aromatic carboxylic acids is 1. The number of fused-ring (bicyclic) bond motifs is 1. The van der Waals surface area contributed by atoms with E-state index in [0.717, 1.165) is 29.8 Å². The minimum absolute atomic E-state index is 0.0331. The van der Waals surface area contributed by atoms with Crippen LogP contribution < -0.4 is 9.64 Å². The van der Waals surface area contributed by atoms with Crippen molar-refractivity contribution in [1.82, 2.24) is 15.0 Å². The molecule has 0 fully saturated rings. The number of likely N-dealkylation sites (N-methyl/N-ethyl adjacent to an activating group) is 1. The van der Waals surface area contributed by atoms with E-state index in [1.54, 1.807) is 24.4 Å². The van der Waals surface area contributed by atoms with Crippen LogP contribution in [-0.2, 0) is 0 Å². The van der Waals surface area contributed by atoms with E-state index < -0.39 is 17.3 Å². The van der Waals surface area contributed by atoms with Crippen LogP contribution in [0.5, 0.6) is 11.6 Å². The summed E-state index contributed by atoms with van der Waals surface area (Å²) in [6, 6.07) is 10.9. The molecule has 2 aromatic carbocycles. The lowest BCUT2D eigenvalue weighted by molar-refractivity contribution is -0.858. The molecule has 2 aromatic heterocycles. The molecular formula is C23H22FN4O4+. The molecule has 0 radical (unpaired) electrons. The third-order valence-corrected chi connectivity index (χ3v) is 4.98. The second-order valence-electron chi connectivity index (χ2n) is 7.63. The van der Waals surface area contributed by atoms with Gasteiger partial charge in [-0.2, -0.15) is 0 Å². The number of benzene rings is 2. The topological polar surface area (TPSA) is 113 Å². The van der Waals surface area contributed by atoms with E-state index in [2.05, 4.69) is 15.0 Å². The summed E-state index contributed by atoms with van der Waals surface area (Å²) in [4.78, 5) is 24.1. The first-order valence-electron chi connectivity index (χ1n) is 9.96. The Morgan fingerprint density at radius 2 is 2.00 bits per heavy atom. The van der Waals surface area contributed by atoms with Crippen LogP contribution in [0.4, 0.5) is 4.39 Å². The second kappa shape index (κ2) is 8.64. The number of aromatic hydroxyl groups is 1. The van der Waals surface area contributed by atoms with Gasteiger partial charge in [-0.25, -0.2) is 19.2 Å². The number of carboxylic acid groups (broad SMARTS) is 1. The van der Waals surface area contributed by atoms with E-state index in [0.29, 0.717) is 23.6 Å². The highest BCUT2D eigenvalue weighted by Gasteiger charge is 2.17. The zero-order valence-electron chi connectivity index (χ0n) is 17.5. The average molecular weight is 437 g/mol. The molecule has 0 aliphatic carbocycles. The summed E-state index contributed by atoms with van der Waals surface area (Å²) in [7, 11) is 4.07. The lowest BCUT2D eigenvalue weighted by Gasteiger charge is -2.12. The maximum atomic E-state index is 14.0. The fourth-order valence-electron chi connectivity index (χ4n) is 3.29. The average Bonchev–Trinajstić information content (AvgIpc) is 3.16. The molecule has 0 atom stereocenters. The van der Waals surface area contributed by atoms with E-state index in [4.69, 9.17) is 9.84 Å². The molecular weight excluding hydrogens is 415 g/mol. The number of carbonyl (C=O) groups is 1. The Balaban J connectivity index is 1.74. The van der Waals surface area contributed by atoms with Gasteiger partial charge in [-0.1, -0.05) is 6.07 Å². The van der Waals surface area contributed by atoms with Crippen LogP contribution in [0.3, 0.4) is 0 Å². The number of H-pyrrole nitrogens is 1. The standard InChI is InChI=1S/C23H21FN4O4/c1-28(2)8-9-32-22-14(4-3-7-25-22)13-5-6-20(29)16(10-13)21-26-18-11-15(23(30)31)17(24)12-19(18)27-21/h3-7,10-12,29H,8-9H2,1-2H3,(H,26,27)(H,30,31)/p+1. The molecule has 4 N–H and O–H groups in total. The molecule has 0 unspecified atom stereocenters. The Morgan fingerprint density at radius 1 is 1.19 bits per heavy atom. The Bertz CT molecular complexity index is 1300. The number of halogens is 1. The SMILES string of the molecule is C[NH+](C)CCOc1ncccc1-c1ccc(O)c(-c2nc3cc(C(=O)O)c(F)cc3[nH]2)c1. The third-order valence-electron chi connectivity index (χ3n) is 4.98. The normalized spacial score (nSPS) is 11.2. The molecule has 0 aliphatic rings. The number of imidazole rings is 1. The molecule has 8 nitrogen and oxygen atoms in total. The van der Waals surface area contributed by atoms with Gasteiger partial charge in [-0.15, -0.1) is 0 Å². The monoisotopic (exact) mass is 437 g/mol. The van der Waals surface area contributed by atoms with Crippen molar-refractivity contribution in [3.05, 3.63) is 60.0 Å². The number of aromatic nitrogens is 3. The van der Waals surface area contributed by atoms with Crippen molar-refractivity contribution in [1.29, 1.82) is 0 Å². The largest absolute Gasteiger partial charge is 0.507 e. The fraction of sp³-hybridized carbons (Fsp3) is 0.174. The highest BCUT2D eigenvalue weighted by Crippen LogP contribution is 2.36. The van der Waals surface area contributed by atoms with Gasteiger partial charge in [0.1, 0.15) is 30.5 Å². The van der Waals surface area contributed by atoms with Crippen molar-refractivity contribution < 1.29 is 29.0 Å². The Labute approximate surface area is 182 Å². The molecule has 32 heavy (non-hydrogen) atoms. The number of hydrogen-bond acceptors (Lipinski definition) is 5. The first kappa shape index (κ1) is 21.3. The van der Waals surface area contributed by atoms with Crippen LogP contribution in [0.25, 0.3) is 33.5 Å². The van der Waals surface area contributed by atoms with Crippen molar-refractivity contribution in [3.8, 4) is 34.1 Å². The lowest BCUT2D eigenvalue weighted by Crippen LogP contribution is -3.06. The molecule has 4 rings (SSSR count). The van der Waals surface area contributed by atoms with Gasteiger partial charge < -0.3 is 24.8 Å². The predicted octanol–water partition coefficient (Wildman–Crippen LogP) is 2.36. The van der Waals surface area contributed by atoms with Gasteiger partial charge in [-0.05, 0) is 35.9 Å². The quantitative estimate of drug-likeness (QED) is 0.353. The van der Waals surface area contributed by atoms with Crippen LogP contribution in [0, 0.1) is 5.82 Å². The Morgan fingerprint density at radius 3 is 2.75 bits per heavy atom. The Kier molecular flexibility index (Phi) is 5.74. The number of aromatic amines is 1. The number of ether oxygens (including phenoxy) is 1. The van der Waals surface area contributed by atoms with E-state index in [1.165, 1.54) is 11.0 Å². The van der Waals surface area contributed by atoms with Crippen molar-refractivity contribution in [2.45, 2.75) is 0 Å². The van der Waals surface area contributed by atoms with Gasteiger partial charge in [0.15, 0.2) is 0 Å². The molecule has 0 amide bonds. The number of hydrogen-bond donors (Lipinski definition) is 4. The van der Waals surface area contributed by atoms with Crippen molar-refractivity contribution in [2.24, 2.45) is 0 Å². The first-order valence-corrected chi connectivity index (χ1v) is 9.96. The summed E-state index contributed by atoms with van der Waals surface area (Å²) in [5.41, 5.74) is 2.01. The van der Waals surface area contributed by atoms with Gasteiger partial charge in [0.2, 0.25) is 5.88 Å². The summed E-state index contributed by atoms with van der Waals surface area (Å²) >= 11 is 0. The van der Waals surface area contributed by atoms with Crippen LogP contribution in [0.2, 0.25) is 0 Å². The molecule has 0 aliphatic heterocycles. The zero-order valence-corrected chi connectivity index (χ0v) is 17.5. The smallest absolute Gasteiger partial charge is 0.338 e. The molecule has 0 saturated heterocycles. The number of quaternary nitrogens is 1. The zero-order chi connectivity index (χ0) is 22.8. The molecule has 0 bridgehead atoms.